The fourth-order valence-electron chi connectivity index (χ4n) is 2.85. The molecule has 2 heteroatoms. The van der Waals surface area contributed by atoms with Gasteiger partial charge in [0.2, 0.25) is 0 Å². The van der Waals surface area contributed by atoms with Crippen LogP contribution in [0.1, 0.15) is 65.7 Å². The summed E-state index contributed by atoms with van der Waals surface area (Å²) in [6.07, 6.45) is 9.50. The fourth-order valence-corrected chi connectivity index (χ4v) is 2.85. The average Bonchev–Trinajstić information content (AvgIpc) is 2.30. The molecule has 0 saturated carbocycles. The van der Waals surface area contributed by atoms with Gasteiger partial charge in [-0.3, -0.25) is 0 Å². The predicted octanol–water partition coefficient (Wildman–Crippen LogP) is 3.42. The van der Waals surface area contributed by atoms with E-state index in [1.807, 2.05) is 0 Å². The maximum Gasteiger partial charge on any atom is 0.00951 e. The highest BCUT2D eigenvalue weighted by Crippen LogP contribution is 2.16. The van der Waals surface area contributed by atoms with Crippen LogP contribution < -0.4 is 5.32 Å². The first kappa shape index (κ1) is 15.0. The second-order valence-corrected chi connectivity index (χ2v) is 5.62. The van der Waals surface area contributed by atoms with Crippen molar-refractivity contribution < 1.29 is 0 Å². The van der Waals surface area contributed by atoms with Gasteiger partial charge in [0.1, 0.15) is 0 Å². The molecule has 0 bridgehead atoms. The van der Waals surface area contributed by atoms with Crippen LogP contribution in [0.2, 0.25) is 0 Å². The molecule has 1 N–H and O–H groups in total. The zero-order valence-electron chi connectivity index (χ0n) is 12.2. The van der Waals surface area contributed by atoms with Crippen molar-refractivity contribution in [2.75, 3.05) is 19.6 Å². The lowest BCUT2D eigenvalue weighted by molar-refractivity contribution is 0.154. The molecule has 0 aliphatic carbocycles. The topological polar surface area (TPSA) is 15.3 Å². The van der Waals surface area contributed by atoms with Gasteiger partial charge >= 0.3 is 0 Å². The Morgan fingerprint density at radius 2 is 2.00 bits per heavy atom. The first-order chi connectivity index (χ1) is 8.27. The van der Waals surface area contributed by atoms with Gasteiger partial charge in [0, 0.05) is 12.1 Å². The van der Waals surface area contributed by atoms with Gasteiger partial charge in [0.25, 0.3) is 0 Å². The second-order valence-electron chi connectivity index (χ2n) is 5.62. The zero-order chi connectivity index (χ0) is 12.5. The summed E-state index contributed by atoms with van der Waals surface area (Å²) in [5, 5.41) is 3.59. The first-order valence-electron chi connectivity index (χ1n) is 7.75. The molecule has 0 aromatic carbocycles. The Kier molecular flexibility index (Phi) is 7.87. The molecule has 17 heavy (non-hydrogen) atoms. The number of rotatable bonds is 6. The smallest absolute Gasteiger partial charge is 0.00951 e. The van der Waals surface area contributed by atoms with Crippen LogP contribution in [0.4, 0.5) is 0 Å². The molecule has 1 fully saturated rings. The molecular weight excluding hydrogens is 208 g/mol. The van der Waals surface area contributed by atoms with Crippen molar-refractivity contribution in [3.05, 3.63) is 0 Å². The molecule has 1 aliphatic heterocycles. The molecular formula is C15H32N2. The van der Waals surface area contributed by atoms with Crippen LogP contribution in [-0.2, 0) is 0 Å². The zero-order valence-corrected chi connectivity index (χ0v) is 12.2. The lowest BCUT2D eigenvalue weighted by Crippen LogP contribution is -2.43. The minimum atomic E-state index is 0.700. The third-order valence-electron chi connectivity index (χ3n) is 3.99. The molecule has 1 heterocycles. The summed E-state index contributed by atoms with van der Waals surface area (Å²) in [4.78, 5) is 2.77. The van der Waals surface area contributed by atoms with Crippen LogP contribution in [-0.4, -0.2) is 36.6 Å². The van der Waals surface area contributed by atoms with E-state index < -0.39 is 0 Å². The van der Waals surface area contributed by atoms with Crippen molar-refractivity contribution in [3.8, 4) is 0 Å². The quantitative estimate of drug-likeness (QED) is 0.765. The molecule has 2 nitrogen and oxygen atoms in total. The molecule has 0 amide bonds. The van der Waals surface area contributed by atoms with Gasteiger partial charge in [-0.2, -0.15) is 0 Å². The normalized spacial score (nSPS) is 25.2. The SMILES string of the molecule is CCCCC(CCC)N1CCCNC(C)CC1. The minimum Gasteiger partial charge on any atom is -0.314 e. The predicted molar refractivity (Wildman–Crippen MR) is 76.5 cm³/mol. The molecule has 2 atom stereocenters. The van der Waals surface area contributed by atoms with E-state index in [0.29, 0.717) is 6.04 Å². The second kappa shape index (κ2) is 8.93. The number of nitrogens with one attached hydrogen (secondary N) is 1. The average molecular weight is 240 g/mol. The fraction of sp³-hybridized carbons (Fsp3) is 1.00. The Hall–Kier alpha value is -0.0800. The lowest BCUT2D eigenvalue weighted by atomic mass is 10.0. The molecule has 0 aromatic rings. The number of unbranched alkanes of at least 4 members (excludes halogenated alkanes) is 1. The van der Waals surface area contributed by atoms with E-state index in [4.69, 9.17) is 0 Å². The third kappa shape index (κ3) is 5.87. The van der Waals surface area contributed by atoms with E-state index in [1.165, 1.54) is 64.6 Å². The van der Waals surface area contributed by atoms with Gasteiger partial charge in [0.05, 0.1) is 0 Å². The number of nitrogens with zero attached hydrogens (tertiary/aromatic N) is 1. The van der Waals surface area contributed by atoms with E-state index >= 15 is 0 Å². The van der Waals surface area contributed by atoms with Crippen LogP contribution in [0.5, 0.6) is 0 Å². The largest absolute Gasteiger partial charge is 0.314 e. The van der Waals surface area contributed by atoms with Crippen molar-refractivity contribution in [1.82, 2.24) is 10.2 Å². The highest BCUT2D eigenvalue weighted by Gasteiger charge is 2.19. The summed E-state index contributed by atoms with van der Waals surface area (Å²) in [7, 11) is 0. The number of hydrogen-bond acceptors (Lipinski definition) is 2. The van der Waals surface area contributed by atoms with E-state index in [9.17, 15) is 0 Å². The van der Waals surface area contributed by atoms with Crippen molar-refractivity contribution in [1.29, 1.82) is 0 Å². The molecule has 1 saturated heterocycles. The third-order valence-corrected chi connectivity index (χ3v) is 3.99. The first-order valence-corrected chi connectivity index (χ1v) is 7.75. The van der Waals surface area contributed by atoms with Crippen molar-refractivity contribution in [2.45, 2.75) is 77.8 Å². The van der Waals surface area contributed by atoms with Gasteiger partial charge in [-0.05, 0) is 52.2 Å². The molecule has 1 aliphatic rings. The highest BCUT2D eigenvalue weighted by atomic mass is 15.2. The van der Waals surface area contributed by atoms with E-state index in [2.05, 4.69) is 31.0 Å². The Labute approximate surface area is 108 Å². The monoisotopic (exact) mass is 240 g/mol. The van der Waals surface area contributed by atoms with Gasteiger partial charge in [0.15, 0.2) is 0 Å². The standard InChI is InChI=1S/C15H32N2/c1-4-6-9-15(8-5-2)17-12-7-11-16-14(3)10-13-17/h14-16H,4-13H2,1-3H3. The van der Waals surface area contributed by atoms with Gasteiger partial charge in [-0.25, -0.2) is 0 Å². The Morgan fingerprint density at radius 3 is 2.71 bits per heavy atom. The molecule has 0 spiro atoms. The van der Waals surface area contributed by atoms with Crippen molar-refractivity contribution in [2.24, 2.45) is 0 Å². The van der Waals surface area contributed by atoms with Crippen molar-refractivity contribution in [3.63, 3.8) is 0 Å². The molecule has 102 valence electrons. The highest BCUT2D eigenvalue weighted by molar-refractivity contribution is 4.76. The van der Waals surface area contributed by atoms with Crippen LogP contribution >= 0.6 is 0 Å². The summed E-state index contributed by atoms with van der Waals surface area (Å²) in [6, 6.07) is 1.55. The lowest BCUT2D eigenvalue weighted by Gasteiger charge is -2.34. The molecule has 0 aromatic heterocycles. The molecule has 2 unspecified atom stereocenters. The minimum absolute atomic E-state index is 0.700. The Morgan fingerprint density at radius 1 is 1.18 bits per heavy atom. The van der Waals surface area contributed by atoms with E-state index in [0.717, 1.165) is 6.04 Å². The molecule has 1 rings (SSSR count). The summed E-state index contributed by atoms with van der Waals surface area (Å²) in [5.41, 5.74) is 0. The maximum absolute atomic E-state index is 3.59. The number of hydrogen-bond donors (Lipinski definition) is 1. The van der Waals surface area contributed by atoms with Crippen molar-refractivity contribution >= 4 is 0 Å². The van der Waals surface area contributed by atoms with Crippen LogP contribution in [0.25, 0.3) is 0 Å². The Bertz CT molecular complexity index is 182. The Balaban J connectivity index is 2.44. The van der Waals surface area contributed by atoms with E-state index in [1.54, 1.807) is 0 Å². The molecule has 0 radical (unpaired) electrons. The van der Waals surface area contributed by atoms with Gasteiger partial charge < -0.3 is 10.2 Å². The van der Waals surface area contributed by atoms with Gasteiger partial charge in [-0.1, -0.05) is 33.1 Å². The summed E-state index contributed by atoms with van der Waals surface area (Å²) < 4.78 is 0. The summed E-state index contributed by atoms with van der Waals surface area (Å²) in [6.45, 7) is 10.8. The summed E-state index contributed by atoms with van der Waals surface area (Å²) in [5.74, 6) is 0. The summed E-state index contributed by atoms with van der Waals surface area (Å²) >= 11 is 0. The van der Waals surface area contributed by atoms with E-state index in [-0.39, 0.29) is 0 Å². The van der Waals surface area contributed by atoms with Crippen LogP contribution in [0, 0.1) is 0 Å². The maximum atomic E-state index is 3.59. The van der Waals surface area contributed by atoms with Crippen LogP contribution in [0.15, 0.2) is 0 Å². The van der Waals surface area contributed by atoms with Gasteiger partial charge in [-0.15, -0.1) is 0 Å². The van der Waals surface area contributed by atoms with Crippen LogP contribution in [0.3, 0.4) is 0 Å².